The van der Waals surface area contributed by atoms with Crippen LogP contribution in [0.2, 0.25) is 0 Å². The number of H-pyrrole nitrogens is 1. The van der Waals surface area contributed by atoms with Crippen molar-refractivity contribution in [2.75, 3.05) is 0 Å². The molecule has 0 fully saturated rings. The average Bonchev–Trinajstić information content (AvgIpc) is 2.97. The van der Waals surface area contributed by atoms with Crippen LogP contribution in [-0.4, -0.2) is 14.5 Å². The number of hydrogen-bond donors (Lipinski definition) is 1. The van der Waals surface area contributed by atoms with Gasteiger partial charge >= 0.3 is 0 Å². The van der Waals surface area contributed by atoms with Gasteiger partial charge in [0.05, 0.1) is 24.2 Å². The summed E-state index contributed by atoms with van der Waals surface area (Å²) in [5.41, 5.74) is 2.67. The smallest absolute Gasteiger partial charge is 0.262 e. The van der Waals surface area contributed by atoms with Gasteiger partial charge in [0.15, 0.2) is 0 Å². The van der Waals surface area contributed by atoms with Gasteiger partial charge in [0.25, 0.3) is 5.56 Å². The molecule has 0 atom stereocenters. The van der Waals surface area contributed by atoms with Crippen LogP contribution in [0.15, 0.2) is 40.2 Å². The molecule has 92 valence electrons. The summed E-state index contributed by atoms with van der Waals surface area (Å²) in [6.45, 7) is 2.52. The molecule has 5 heteroatoms. The van der Waals surface area contributed by atoms with Gasteiger partial charge in [-0.25, -0.2) is 4.98 Å². The lowest BCUT2D eigenvalue weighted by Crippen LogP contribution is -2.21. The number of aromatic amines is 1. The fourth-order valence-electron chi connectivity index (χ4n) is 2.02. The summed E-state index contributed by atoms with van der Waals surface area (Å²) < 4.78 is 6.63. The summed E-state index contributed by atoms with van der Waals surface area (Å²) in [6.07, 6.45) is 5.67. The largest absolute Gasteiger partial charge is 0.472 e. The first-order valence-electron chi connectivity index (χ1n) is 5.80. The summed E-state index contributed by atoms with van der Waals surface area (Å²) in [4.78, 5) is 19.5. The Morgan fingerprint density at radius 3 is 3.17 bits per heavy atom. The van der Waals surface area contributed by atoms with Gasteiger partial charge in [0.1, 0.15) is 5.65 Å². The van der Waals surface area contributed by atoms with Crippen LogP contribution in [0.1, 0.15) is 11.3 Å². The van der Waals surface area contributed by atoms with Crippen molar-refractivity contribution in [3.8, 4) is 0 Å². The summed E-state index contributed by atoms with van der Waals surface area (Å²) >= 11 is 0. The first kappa shape index (κ1) is 10.8. The third-order valence-electron chi connectivity index (χ3n) is 2.97. The highest BCUT2D eigenvalue weighted by molar-refractivity contribution is 5.74. The van der Waals surface area contributed by atoms with Gasteiger partial charge in [-0.3, -0.25) is 9.36 Å². The van der Waals surface area contributed by atoms with Crippen molar-refractivity contribution in [2.24, 2.45) is 0 Å². The quantitative estimate of drug-likeness (QED) is 0.763. The van der Waals surface area contributed by atoms with E-state index >= 15 is 0 Å². The van der Waals surface area contributed by atoms with E-state index in [9.17, 15) is 4.79 Å². The van der Waals surface area contributed by atoms with Crippen LogP contribution in [-0.2, 0) is 13.0 Å². The Labute approximate surface area is 103 Å². The SMILES string of the molecule is Cc1cc2c(=O)n(CCc3ccoc3)cnc2[nH]1. The standard InChI is InChI=1S/C13H13N3O2/c1-9-6-11-12(15-9)14-8-16(13(11)17)4-2-10-3-5-18-7-10/h3,5-8,15H,2,4H2,1H3. The molecular weight excluding hydrogens is 230 g/mol. The molecule has 0 spiro atoms. The number of rotatable bonds is 3. The number of aryl methyl sites for hydroxylation is 3. The molecule has 0 aliphatic rings. The second-order valence-electron chi connectivity index (χ2n) is 4.34. The topological polar surface area (TPSA) is 63.8 Å². The van der Waals surface area contributed by atoms with Crippen LogP contribution in [0, 0.1) is 6.92 Å². The molecule has 3 rings (SSSR count). The van der Waals surface area contributed by atoms with Crippen LogP contribution in [0.4, 0.5) is 0 Å². The Morgan fingerprint density at radius 1 is 1.50 bits per heavy atom. The number of nitrogens with zero attached hydrogens (tertiary/aromatic N) is 2. The van der Waals surface area contributed by atoms with Crippen LogP contribution >= 0.6 is 0 Å². The number of nitrogens with one attached hydrogen (secondary N) is 1. The van der Waals surface area contributed by atoms with Gasteiger partial charge < -0.3 is 9.40 Å². The van der Waals surface area contributed by atoms with Crippen molar-refractivity contribution >= 4 is 11.0 Å². The van der Waals surface area contributed by atoms with Gasteiger partial charge in [0, 0.05) is 12.2 Å². The van der Waals surface area contributed by atoms with E-state index in [0.29, 0.717) is 17.6 Å². The van der Waals surface area contributed by atoms with E-state index in [-0.39, 0.29) is 5.56 Å². The van der Waals surface area contributed by atoms with Crippen LogP contribution in [0.5, 0.6) is 0 Å². The lowest BCUT2D eigenvalue weighted by atomic mass is 10.2. The number of hydrogen-bond acceptors (Lipinski definition) is 3. The highest BCUT2D eigenvalue weighted by atomic mass is 16.3. The van der Waals surface area contributed by atoms with Crippen molar-refractivity contribution in [1.82, 2.24) is 14.5 Å². The molecular formula is C13H13N3O2. The number of fused-ring (bicyclic) bond motifs is 1. The maximum atomic E-state index is 12.2. The van der Waals surface area contributed by atoms with Crippen LogP contribution in [0.25, 0.3) is 11.0 Å². The molecule has 3 aromatic heterocycles. The Kier molecular flexibility index (Phi) is 2.51. The Bertz CT molecular complexity index is 722. The summed E-state index contributed by atoms with van der Waals surface area (Å²) in [5, 5.41) is 0.641. The summed E-state index contributed by atoms with van der Waals surface area (Å²) in [6, 6.07) is 3.73. The van der Waals surface area contributed by atoms with Crippen molar-refractivity contribution < 1.29 is 4.42 Å². The fourth-order valence-corrected chi connectivity index (χ4v) is 2.02. The maximum Gasteiger partial charge on any atom is 0.262 e. The minimum atomic E-state index is -0.00663. The zero-order valence-electron chi connectivity index (χ0n) is 10.0. The number of aromatic nitrogens is 3. The van der Waals surface area contributed by atoms with E-state index in [1.807, 2.05) is 19.1 Å². The molecule has 0 aliphatic carbocycles. The van der Waals surface area contributed by atoms with Gasteiger partial charge in [-0.15, -0.1) is 0 Å². The molecule has 0 aliphatic heterocycles. The maximum absolute atomic E-state index is 12.2. The normalized spacial score (nSPS) is 11.2. The summed E-state index contributed by atoms with van der Waals surface area (Å²) in [5.74, 6) is 0. The first-order chi connectivity index (χ1) is 8.74. The zero-order valence-corrected chi connectivity index (χ0v) is 10.0. The predicted octanol–water partition coefficient (Wildman–Crippen LogP) is 1.87. The zero-order chi connectivity index (χ0) is 12.5. The second kappa shape index (κ2) is 4.18. The van der Waals surface area contributed by atoms with Crippen molar-refractivity contribution in [2.45, 2.75) is 19.9 Å². The van der Waals surface area contributed by atoms with Crippen molar-refractivity contribution in [3.63, 3.8) is 0 Å². The fraction of sp³-hybridized carbons (Fsp3) is 0.231. The number of furan rings is 1. The average molecular weight is 243 g/mol. The minimum Gasteiger partial charge on any atom is -0.472 e. The van der Waals surface area contributed by atoms with Crippen molar-refractivity contribution in [1.29, 1.82) is 0 Å². The molecule has 0 amide bonds. The molecule has 0 saturated heterocycles. The highest BCUT2D eigenvalue weighted by Crippen LogP contribution is 2.07. The molecule has 3 heterocycles. The molecule has 0 saturated carbocycles. The lowest BCUT2D eigenvalue weighted by molar-refractivity contribution is 0.560. The van der Waals surface area contributed by atoms with E-state index in [4.69, 9.17) is 4.42 Å². The molecule has 18 heavy (non-hydrogen) atoms. The van der Waals surface area contributed by atoms with E-state index < -0.39 is 0 Å². The predicted molar refractivity (Wildman–Crippen MR) is 67.5 cm³/mol. The van der Waals surface area contributed by atoms with Crippen LogP contribution < -0.4 is 5.56 Å². The lowest BCUT2D eigenvalue weighted by Gasteiger charge is -2.03. The van der Waals surface area contributed by atoms with Crippen molar-refractivity contribution in [3.05, 3.63) is 52.6 Å². The molecule has 3 aromatic rings. The third kappa shape index (κ3) is 1.84. The van der Waals surface area contributed by atoms with Gasteiger partial charge in [-0.2, -0.15) is 0 Å². The Morgan fingerprint density at radius 2 is 2.39 bits per heavy atom. The first-order valence-corrected chi connectivity index (χ1v) is 5.80. The van der Waals surface area contributed by atoms with E-state index in [1.165, 1.54) is 0 Å². The van der Waals surface area contributed by atoms with Gasteiger partial charge in [-0.1, -0.05) is 0 Å². The third-order valence-corrected chi connectivity index (χ3v) is 2.97. The highest BCUT2D eigenvalue weighted by Gasteiger charge is 2.06. The van der Waals surface area contributed by atoms with E-state index in [1.54, 1.807) is 23.4 Å². The second-order valence-corrected chi connectivity index (χ2v) is 4.34. The monoisotopic (exact) mass is 243 g/mol. The minimum absolute atomic E-state index is 0.00663. The van der Waals surface area contributed by atoms with Gasteiger partial charge in [0.2, 0.25) is 0 Å². The molecule has 1 N–H and O–H groups in total. The molecule has 0 radical (unpaired) electrons. The molecule has 0 bridgehead atoms. The molecule has 5 nitrogen and oxygen atoms in total. The van der Waals surface area contributed by atoms with Crippen LogP contribution in [0.3, 0.4) is 0 Å². The summed E-state index contributed by atoms with van der Waals surface area (Å²) in [7, 11) is 0. The Hall–Kier alpha value is -2.30. The van der Waals surface area contributed by atoms with E-state index in [0.717, 1.165) is 17.7 Å². The molecule has 0 aromatic carbocycles. The Balaban J connectivity index is 1.92. The molecule has 0 unspecified atom stereocenters. The van der Waals surface area contributed by atoms with Gasteiger partial charge in [-0.05, 0) is 31.0 Å². The van der Waals surface area contributed by atoms with E-state index in [2.05, 4.69) is 9.97 Å².